The Morgan fingerprint density at radius 3 is 1.33 bits per heavy atom. The highest BCUT2D eigenvalue weighted by atomic mass is 79.9. The average Bonchev–Trinajstić information content (AvgIpc) is 2.51. The molecule has 3 rings (SSSR count). The van der Waals surface area contributed by atoms with Crippen LogP contribution >= 0.6 is 0 Å². The van der Waals surface area contributed by atoms with Gasteiger partial charge >= 0.3 is 6.17 Å². The summed E-state index contributed by atoms with van der Waals surface area (Å²) >= 11 is 0. The molecular formula is C17H16Br2N2. The molecule has 2 aromatic heterocycles. The van der Waals surface area contributed by atoms with Gasteiger partial charge in [-0.2, -0.15) is 0 Å². The van der Waals surface area contributed by atoms with Crippen molar-refractivity contribution in [3.05, 3.63) is 97.1 Å². The second-order valence-corrected chi connectivity index (χ2v) is 4.43. The number of pyridine rings is 2. The molecule has 0 N–H and O–H groups in total. The fraction of sp³-hybridized carbons (Fsp3) is 0.0588. The van der Waals surface area contributed by atoms with Crippen LogP contribution in [0.4, 0.5) is 0 Å². The van der Waals surface area contributed by atoms with Gasteiger partial charge in [0.2, 0.25) is 0 Å². The monoisotopic (exact) mass is 406 g/mol. The first-order chi connectivity index (χ1) is 9.45. The van der Waals surface area contributed by atoms with E-state index in [4.69, 9.17) is 0 Å². The average molecular weight is 408 g/mol. The summed E-state index contributed by atoms with van der Waals surface area (Å²) in [6.07, 6.45) is 8.52. The summed E-state index contributed by atoms with van der Waals surface area (Å²) in [7, 11) is 0. The van der Waals surface area contributed by atoms with Crippen LogP contribution in [0.2, 0.25) is 0 Å². The van der Waals surface area contributed by atoms with E-state index < -0.39 is 0 Å². The second-order valence-electron chi connectivity index (χ2n) is 4.43. The lowest BCUT2D eigenvalue weighted by Crippen LogP contribution is -3.00. The van der Waals surface area contributed by atoms with E-state index >= 15 is 0 Å². The Bertz CT molecular complexity index is 537. The van der Waals surface area contributed by atoms with Gasteiger partial charge in [0.1, 0.15) is 0 Å². The minimum Gasteiger partial charge on any atom is -1.00 e. The van der Waals surface area contributed by atoms with Crippen molar-refractivity contribution in [2.45, 2.75) is 6.17 Å². The van der Waals surface area contributed by atoms with Gasteiger partial charge in [0.05, 0.1) is 5.56 Å². The van der Waals surface area contributed by atoms with Crippen LogP contribution in [-0.4, -0.2) is 0 Å². The van der Waals surface area contributed by atoms with Crippen molar-refractivity contribution in [3.8, 4) is 0 Å². The molecule has 0 radical (unpaired) electrons. The number of hydrogen-bond donors (Lipinski definition) is 0. The SMILES string of the molecule is [Br-].[Br-].c1ccc(C([n+]2ccccc2)[n+]2ccccc2)cc1. The molecule has 108 valence electrons. The van der Waals surface area contributed by atoms with Gasteiger partial charge < -0.3 is 34.0 Å². The zero-order chi connectivity index (χ0) is 12.9. The Hall–Kier alpha value is -1.52. The first-order valence-corrected chi connectivity index (χ1v) is 6.42. The Morgan fingerprint density at radius 2 is 0.905 bits per heavy atom. The van der Waals surface area contributed by atoms with Crippen LogP contribution in [0.1, 0.15) is 11.7 Å². The van der Waals surface area contributed by atoms with Crippen LogP contribution in [-0.2, 0) is 0 Å². The zero-order valence-electron chi connectivity index (χ0n) is 11.4. The van der Waals surface area contributed by atoms with Crippen molar-refractivity contribution in [2.75, 3.05) is 0 Å². The number of nitrogens with zero attached hydrogens (tertiary/aromatic N) is 2. The zero-order valence-corrected chi connectivity index (χ0v) is 14.6. The summed E-state index contributed by atoms with van der Waals surface area (Å²) in [6, 6.07) is 22.8. The van der Waals surface area contributed by atoms with Crippen LogP contribution in [0.15, 0.2) is 91.5 Å². The van der Waals surface area contributed by atoms with Crippen molar-refractivity contribution in [2.24, 2.45) is 0 Å². The van der Waals surface area contributed by atoms with E-state index in [1.807, 2.05) is 18.2 Å². The molecule has 3 aromatic rings. The molecule has 2 nitrogen and oxygen atoms in total. The molecule has 0 bridgehead atoms. The fourth-order valence-corrected chi connectivity index (χ4v) is 2.27. The van der Waals surface area contributed by atoms with Crippen molar-refractivity contribution in [1.29, 1.82) is 0 Å². The van der Waals surface area contributed by atoms with Crippen LogP contribution < -0.4 is 43.1 Å². The lowest BCUT2D eigenvalue weighted by Gasteiger charge is -2.07. The van der Waals surface area contributed by atoms with E-state index in [1.54, 1.807) is 0 Å². The lowest BCUT2D eigenvalue weighted by molar-refractivity contribution is -0.934. The fourth-order valence-electron chi connectivity index (χ4n) is 2.27. The second kappa shape index (κ2) is 8.70. The van der Waals surface area contributed by atoms with Gasteiger partial charge in [-0.1, -0.05) is 30.3 Å². The number of rotatable bonds is 3. The summed E-state index contributed by atoms with van der Waals surface area (Å²) in [4.78, 5) is 0. The summed E-state index contributed by atoms with van der Waals surface area (Å²) < 4.78 is 4.41. The van der Waals surface area contributed by atoms with Gasteiger partial charge in [-0.25, -0.2) is 0 Å². The van der Waals surface area contributed by atoms with Gasteiger partial charge in [-0.15, -0.1) is 9.13 Å². The maximum Gasteiger partial charge on any atom is 0.379 e. The Morgan fingerprint density at radius 1 is 0.524 bits per heavy atom. The van der Waals surface area contributed by atoms with Gasteiger partial charge in [0.15, 0.2) is 24.8 Å². The molecule has 0 aliphatic carbocycles. The Labute approximate surface area is 146 Å². The van der Waals surface area contributed by atoms with E-state index in [0.717, 1.165) is 0 Å². The Kier molecular flexibility index (Phi) is 7.26. The standard InChI is InChI=1S/C17H16N2.2BrH/c1-4-10-16(11-5-1)17(18-12-6-2-7-13-18)19-14-8-3-9-15-19;;/h1-15,17H;2*1H/q+2;;/p-2. The van der Waals surface area contributed by atoms with Crippen LogP contribution in [0.5, 0.6) is 0 Å². The maximum atomic E-state index is 2.20. The molecule has 0 aliphatic heterocycles. The molecule has 0 unspecified atom stereocenters. The Balaban J connectivity index is 0.00000110. The normalized spacial score (nSPS) is 9.57. The topological polar surface area (TPSA) is 7.76 Å². The summed E-state index contributed by atoms with van der Waals surface area (Å²) in [5.74, 6) is 0. The quantitative estimate of drug-likeness (QED) is 0.396. The van der Waals surface area contributed by atoms with E-state index in [-0.39, 0.29) is 40.1 Å². The smallest absolute Gasteiger partial charge is 0.379 e. The molecule has 0 saturated carbocycles. The molecule has 1 aromatic carbocycles. The first kappa shape index (κ1) is 17.5. The lowest BCUT2D eigenvalue weighted by atomic mass is 10.1. The molecule has 4 heteroatoms. The van der Waals surface area contributed by atoms with Crippen LogP contribution in [0.3, 0.4) is 0 Å². The predicted molar refractivity (Wildman–Crippen MR) is 73.3 cm³/mol. The predicted octanol–water partition coefficient (Wildman–Crippen LogP) is -3.64. The van der Waals surface area contributed by atoms with Crippen LogP contribution in [0.25, 0.3) is 0 Å². The summed E-state index contributed by atoms with van der Waals surface area (Å²) in [5, 5.41) is 0. The van der Waals surface area contributed by atoms with E-state index in [2.05, 4.69) is 82.5 Å². The maximum absolute atomic E-state index is 2.20. The molecule has 0 saturated heterocycles. The third-order valence-electron chi connectivity index (χ3n) is 3.14. The molecule has 0 atom stereocenters. The molecule has 21 heavy (non-hydrogen) atoms. The van der Waals surface area contributed by atoms with E-state index in [1.165, 1.54) is 5.56 Å². The van der Waals surface area contributed by atoms with Gasteiger partial charge in [-0.05, 0) is 12.1 Å². The van der Waals surface area contributed by atoms with Crippen molar-refractivity contribution >= 4 is 0 Å². The highest BCUT2D eigenvalue weighted by Crippen LogP contribution is 2.08. The number of benzene rings is 1. The number of hydrogen-bond acceptors (Lipinski definition) is 0. The van der Waals surface area contributed by atoms with Gasteiger partial charge in [0, 0.05) is 24.3 Å². The summed E-state index contributed by atoms with van der Waals surface area (Å²) in [5.41, 5.74) is 1.26. The van der Waals surface area contributed by atoms with Crippen molar-refractivity contribution in [1.82, 2.24) is 0 Å². The molecule has 2 heterocycles. The third kappa shape index (κ3) is 4.22. The minimum atomic E-state index is 0. The molecule has 0 spiro atoms. The number of halogens is 2. The van der Waals surface area contributed by atoms with Crippen molar-refractivity contribution < 1.29 is 43.1 Å². The molecular weight excluding hydrogens is 392 g/mol. The van der Waals surface area contributed by atoms with E-state index in [9.17, 15) is 0 Å². The van der Waals surface area contributed by atoms with Gasteiger partial charge in [-0.3, -0.25) is 0 Å². The largest absolute Gasteiger partial charge is 1.00 e. The number of aromatic nitrogens is 2. The van der Waals surface area contributed by atoms with E-state index in [0.29, 0.717) is 0 Å². The third-order valence-corrected chi connectivity index (χ3v) is 3.14. The summed E-state index contributed by atoms with van der Waals surface area (Å²) in [6.45, 7) is 0. The van der Waals surface area contributed by atoms with Crippen molar-refractivity contribution in [3.63, 3.8) is 0 Å². The first-order valence-electron chi connectivity index (χ1n) is 6.42. The van der Waals surface area contributed by atoms with Crippen LogP contribution in [0, 0.1) is 0 Å². The molecule has 0 amide bonds. The molecule has 0 fully saturated rings. The minimum absolute atomic E-state index is 0. The van der Waals surface area contributed by atoms with Gasteiger partial charge in [0.25, 0.3) is 0 Å². The molecule has 0 aliphatic rings. The highest BCUT2D eigenvalue weighted by molar-refractivity contribution is 5.15. The highest BCUT2D eigenvalue weighted by Gasteiger charge is 2.28.